The van der Waals surface area contributed by atoms with Crippen LogP contribution >= 0.6 is 0 Å². The van der Waals surface area contributed by atoms with Crippen LogP contribution in [0.2, 0.25) is 0 Å². The van der Waals surface area contributed by atoms with Crippen molar-refractivity contribution in [2.45, 2.75) is 20.0 Å². The Hall–Kier alpha value is -2.89. The Balaban J connectivity index is 1.52. The molecule has 1 N–H and O–H groups in total. The number of rotatable bonds is 5. The number of ether oxygens (including phenoxy) is 2. The molecule has 1 heterocycles. The van der Waals surface area contributed by atoms with Crippen LogP contribution in [-0.4, -0.2) is 50.3 Å². The predicted molar refractivity (Wildman–Crippen MR) is 108 cm³/mol. The molecule has 0 radical (unpaired) electrons. The molecule has 1 aliphatic rings. The lowest BCUT2D eigenvalue weighted by atomic mass is 10.2. The number of hydrogen-bond donors (Lipinski definition) is 1. The first-order valence-corrected chi connectivity index (χ1v) is 9.27. The van der Waals surface area contributed by atoms with E-state index in [2.05, 4.69) is 16.3 Å². The molecule has 0 aliphatic carbocycles. The van der Waals surface area contributed by atoms with E-state index in [4.69, 9.17) is 9.47 Å². The van der Waals surface area contributed by atoms with Crippen LogP contribution in [0.5, 0.6) is 11.5 Å². The number of piperazine rings is 1. The summed E-state index contributed by atoms with van der Waals surface area (Å²) in [5.74, 6) is 1.65. The first-order valence-electron chi connectivity index (χ1n) is 9.27. The molecule has 0 bridgehead atoms. The number of nitrogens with one attached hydrogen (secondary N) is 1. The van der Waals surface area contributed by atoms with E-state index in [1.165, 1.54) is 0 Å². The summed E-state index contributed by atoms with van der Waals surface area (Å²) in [6.07, 6.45) is 0.131. The lowest BCUT2D eigenvalue weighted by Gasteiger charge is -2.36. The normalized spacial score (nSPS) is 14.2. The Morgan fingerprint density at radius 3 is 2.33 bits per heavy atom. The Labute approximate surface area is 160 Å². The summed E-state index contributed by atoms with van der Waals surface area (Å²) < 4.78 is 10.9. The molecule has 1 aliphatic heterocycles. The number of hydrogen-bond acceptors (Lipinski definition) is 4. The van der Waals surface area contributed by atoms with E-state index in [-0.39, 0.29) is 12.1 Å². The van der Waals surface area contributed by atoms with Gasteiger partial charge in [0.15, 0.2) is 0 Å². The first kappa shape index (κ1) is 18.9. The molecule has 2 amide bonds. The Bertz CT molecular complexity index is 754. The average molecular weight is 369 g/mol. The summed E-state index contributed by atoms with van der Waals surface area (Å²) in [6.45, 7) is 6.92. The smallest absolute Gasteiger partial charge is 0.321 e. The van der Waals surface area contributed by atoms with Gasteiger partial charge in [-0.3, -0.25) is 0 Å². The van der Waals surface area contributed by atoms with Gasteiger partial charge in [0.2, 0.25) is 0 Å². The van der Waals surface area contributed by atoms with Gasteiger partial charge in [-0.05, 0) is 50.2 Å². The second-order valence-corrected chi connectivity index (χ2v) is 6.80. The minimum absolute atomic E-state index is 0.0715. The largest absolute Gasteiger partial charge is 0.497 e. The van der Waals surface area contributed by atoms with Gasteiger partial charge in [0.25, 0.3) is 0 Å². The van der Waals surface area contributed by atoms with E-state index in [0.29, 0.717) is 13.1 Å². The topological polar surface area (TPSA) is 54.0 Å². The zero-order valence-corrected chi connectivity index (χ0v) is 16.1. The summed E-state index contributed by atoms with van der Waals surface area (Å²) >= 11 is 0. The van der Waals surface area contributed by atoms with Crippen molar-refractivity contribution in [3.8, 4) is 11.5 Å². The molecular weight excluding hydrogens is 342 g/mol. The van der Waals surface area contributed by atoms with Crippen LogP contribution in [-0.2, 0) is 0 Å². The van der Waals surface area contributed by atoms with Crippen LogP contribution < -0.4 is 19.7 Å². The van der Waals surface area contributed by atoms with Crippen LogP contribution in [0.25, 0.3) is 0 Å². The Morgan fingerprint density at radius 1 is 1.00 bits per heavy atom. The minimum Gasteiger partial charge on any atom is -0.497 e. The van der Waals surface area contributed by atoms with Crippen molar-refractivity contribution in [2.24, 2.45) is 0 Å². The number of methoxy groups -OCH3 is 1. The predicted octanol–water partition coefficient (Wildman–Crippen LogP) is 3.84. The molecule has 144 valence electrons. The average Bonchev–Trinajstić information content (AvgIpc) is 2.69. The number of urea groups is 1. The van der Waals surface area contributed by atoms with Gasteiger partial charge in [-0.1, -0.05) is 6.07 Å². The third kappa shape index (κ3) is 5.06. The van der Waals surface area contributed by atoms with Gasteiger partial charge in [-0.15, -0.1) is 0 Å². The van der Waals surface area contributed by atoms with Crippen LogP contribution in [0.1, 0.15) is 13.8 Å². The number of benzene rings is 2. The molecule has 0 unspecified atom stereocenters. The quantitative estimate of drug-likeness (QED) is 0.870. The van der Waals surface area contributed by atoms with Crippen molar-refractivity contribution in [3.05, 3.63) is 48.5 Å². The third-order valence-corrected chi connectivity index (χ3v) is 4.46. The summed E-state index contributed by atoms with van der Waals surface area (Å²) in [5.41, 5.74) is 1.89. The van der Waals surface area contributed by atoms with E-state index in [9.17, 15) is 4.79 Å². The molecule has 0 saturated carbocycles. The van der Waals surface area contributed by atoms with Crippen molar-refractivity contribution in [2.75, 3.05) is 43.5 Å². The fourth-order valence-corrected chi connectivity index (χ4v) is 3.07. The lowest BCUT2D eigenvalue weighted by molar-refractivity contribution is 0.208. The van der Waals surface area contributed by atoms with Crippen molar-refractivity contribution in [1.82, 2.24) is 4.90 Å². The van der Waals surface area contributed by atoms with Crippen molar-refractivity contribution < 1.29 is 14.3 Å². The molecule has 6 heteroatoms. The van der Waals surface area contributed by atoms with Gasteiger partial charge in [-0.2, -0.15) is 0 Å². The highest BCUT2D eigenvalue weighted by molar-refractivity contribution is 5.89. The number of carbonyl (C=O) groups excluding carboxylic acids is 1. The second-order valence-electron chi connectivity index (χ2n) is 6.80. The Kier molecular flexibility index (Phi) is 6.06. The van der Waals surface area contributed by atoms with Gasteiger partial charge in [-0.25, -0.2) is 4.79 Å². The molecule has 2 aromatic rings. The summed E-state index contributed by atoms with van der Waals surface area (Å²) in [5, 5.41) is 2.96. The van der Waals surface area contributed by atoms with Crippen LogP contribution in [0.3, 0.4) is 0 Å². The maximum absolute atomic E-state index is 12.5. The van der Waals surface area contributed by atoms with Crippen molar-refractivity contribution >= 4 is 17.4 Å². The maximum atomic E-state index is 12.5. The molecular formula is C21H27N3O3. The summed E-state index contributed by atoms with van der Waals surface area (Å²) in [7, 11) is 1.67. The van der Waals surface area contributed by atoms with Gasteiger partial charge < -0.3 is 24.6 Å². The van der Waals surface area contributed by atoms with E-state index in [1.807, 2.05) is 61.2 Å². The number of amides is 2. The van der Waals surface area contributed by atoms with Gasteiger partial charge in [0.1, 0.15) is 11.5 Å². The van der Waals surface area contributed by atoms with E-state index >= 15 is 0 Å². The van der Waals surface area contributed by atoms with Crippen LogP contribution in [0, 0.1) is 0 Å². The first-order chi connectivity index (χ1) is 13.0. The van der Waals surface area contributed by atoms with Crippen LogP contribution in [0.4, 0.5) is 16.2 Å². The number of carbonyl (C=O) groups is 1. The lowest BCUT2D eigenvalue weighted by Crippen LogP contribution is -2.50. The SMILES string of the molecule is COc1cccc(N2CCN(C(=O)Nc3ccc(OC(C)C)cc3)CC2)c1. The van der Waals surface area contributed by atoms with Crippen LogP contribution in [0.15, 0.2) is 48.5 Å². The third-order valence-electron chi connectivity index (χ3n) is 4.46. The molecule has 3 rings (SSSR count). The number of anilines is 2. The molecule has 0 aromatic heterocycles. The highest BCUT2D eigenvalue weighted by Gasteiger charge is 2.21. The van der Waals surface area contributed by atoms with E-state index in [0.717, 1.165) is 36.0 Å². The van der Waals surface area contributed by atoms with Crippen molar-refractivity contribution in [1.29, 1.82) is 0 Å². The molecule has 0 spiro atoms. The fourth-order valence-electron chi connectivity index (χ4n) is 3.07. The second kappa shape index (κ2) is 8.66. The molecule has 1 saturated heterocycles. The molecule has 0 atom stereocenters. The molecule has 2 aromatic carbocycles. The molecule has 6 nitrogen and oxygen atoms in total. The zero-order valence-electron chi connectivity index (χ0n) is 16.1. The highest BCUT2D eigenvalue weighted by atomic mass is 16.5. The highest BCUT2D eigenvalue weighted by Crippen LogP contribution is 2.22. The zero-order chi connectivity index (χ0) is 19.2. The van der Waals surface area contributed by atoms with Crippen molar-refractivity contribution in [3.63, 3.8) is 0 Å². The fraction of sp³-hybridized carbons (Fsp3) is 0.381. The maximum Gasteiger partial charge on any atom is 0.321 e. The van der Waals surface area contributed by atoms with E-state index in [1.54, 1.807) is 7.11 Å². The molecule has 27 heavy (non-hydrogen) atoms. The monoisotopic (exact) mass is 369 g/mol. The van der Waals surface area contributed by atoms with E-state index < -0.39 is 0 Å². The summed E-state index contributed by atoms with van der Waals surface area (Å²) in [6, 6.07) is 15.4. The standard InChI is InChI=1S/C21H27N3O3/c1-16(2)27-19-9-7-17(8-10-19)22-21(25)24-13-11-23(12-14-24)18-5-4-6-20(15-18)26-3/h4-10,15-16H,11-14H2,1-3H3,(H,22,25). The Morgan fingerprint density at radius 2 is 1.70 bits per heavy atom. The van der Waals surface area contributed by atoms with Gasteiger partial charge >= 0.3 is 6.03 Å². The molecule has 1 fully saturated rings. The minimum atomic E-state index is -0.0715. The summed E-state index contributed by atoms with van der Waals surface area (Å²) in [4.78, 5) is 16.6. The number of nitrogens with zero attached hydrogens (tertiary/aromatic N) is 2. The van der Waals surface area contributed by atoms with Gasteiger partial charge in [0, 0.05) is 43.6 Å². The van der Waals surface area contributed by atoms with Gasteiger partial charge in [0.05, 0.1) is 13.2 Å².